The molecule has 3 nitrogen and oxygen atoms in total. The number of nitrogens with one attached hydrogen (secondary N) is 1. The van der Waals surface area contributed by atoms with Gasteiger partial charge in [-0.1, -0.05) is 26.2 Å². The maximum absolute atomic E-state index is 9.76. The fraction of sp³-hybridized carbons (Fsp3) is 1.00. The van der Waals surface area contributed by atoms with E-state index in [0.29, 0.717) is 12.5 Å². The second-order valence-corrected chi connectivity index (χ2v) is 7.35. The lowest BCUT2D eigenvalue weighted by Crippen LogP contribution is -2.50. The normalized spacial score (nSPS) is 38.5. The summed E-state index contributed by atoms with van der Waals surface area (Å²) in [7, 11) is 4.32. The Bertz CT molecular complexity index is 291. The third-order valence-electron chi connectivity index (χ3n) is 6.10. The van der Waals surface area contributed by atoms with Crippen molar-refractivity contribution in [2.24, 2.45) is 11.8 Å². The zero-order chi connectivity index (χ0) is 14.6. The number of rotatable bonds is 6. The smallest absolute Gasteiger partial charge is 0.0615 e. The summed E-state index contributed by atoms with van der Waals surface area (Å²) in [6, 6.07) is 0.790. The van der Waals surface area contributed by atoms with Crippen LogP contribution < -0.4 is 5.32 Å². The Hall–Kier alpha value is -0.120. The number of aliphatic hydroxyl groups excluding tert-OH is 1. The van der Waals surface area contributed by atoms with Gasteiger partial charge < -0.3 is 15.3 Å². The van der Waals surface area contributed by atoms with Gasteiger partial charge in [0.1, 0.15) is 0 Å². The van der Waals surface area contributed by atoms with E-state index in [0.717, 1.165) is 18.4 Å². The molecule has 2 aliphatic carbocycles. The van der Waals surface area contributed by atoms with Gasteiger partial charge in [-0.15, -0.1) is 0 Å². The number of nitrogens with zero attached hydrogens (tertiary/aromatic N) is 1. The largest absolute Gasteiger partial charge is 0.394 e. The minimum Gasteiger partial charge on any atom is -0.394 e. The van der Waals surface area contributed by atoms with Crippen LogP contribution in [0.5, 0.6) is 0 Å². The summed E-state index contributed by atoms with van der Waals surface area (Å²) >= 11 is 0. The first kappa shape index (κ1) is 16.3. The van der Waals surface area contributed by atoms with Crippen LogP contribution in [0.3, 0.4) is 0 Å². The molecule has 2 fully saturated rings. The third kappa shape index (κ3) is 3.55. The molecular formula is C17H34N2O. The molecule has 0 amide bonds. The van der Waals surface area contributed by atoms with E-state index in [-0.39, 0.29) is 5.54 Å². The number of hydrogen-bond acceptors (Lipinski definition) is 3. The summed E-state index contributed by atoms with van der Waals surface area (Å²) in [5.74, 6) is 1.54. The summed E-state index contributed by atoms with van der Waals surface area (Å²) in [6.45, 7) is 3.87. The highest BCUT2D eigenvalue weighted by atomic mass is 16.3. The topological polar surface area (TPSA) is 35.5 Å². The fourth-order valence-electron chi connectivity index (χ4n) is 4.53. The van der Waals surface area contributed by atoms with Crippen LogP contribution in [-0.4, -0.2) is 48.8 Å². The van der Waals surface area contributed by atoms with E-state index >= 15 is 0 Å². The maximum atomic E-state index is 9.76. The van der Waals surface area contributed by atoms with Gasteiger partial charge in [-0.2, -0.15) is 0 Å². The summed E-state index contributed by atoms with van der Waals surface area (Å²) in [4.78, 5) is 2.59. The molecule has 0 aromatic heterocycles. The molecule has 2 rings (SSSR count). The average molecular weight is 282 g/mol. The molecule has 0 aromatic carbocycles. The van der Waals surface area contributed by atoms with Crippen molar-refractivity contribution in [3.63, 3.8) is 0 Å². The standard InChI is InChI=1S/C17H34N2O/c1-14-6-4-8-16(12-14)19(3)11-9-15-7-5-10-17(15,13-20)18-2/h14-16,18,20H,4-13H2,1-3H3. The molecule has 0 radical (unpaired) electrons. The Kier molecular flexibility index (Phi) is 5.88. The molecule has 0 aliphatic heterocycles. The van der Waals surface area contributed by atoms with Gasteiger partial charge in [0.05, 0.1) is 6.61 Å². The Labute approximate surface area is 125 Å². The minimum atomic E-state index is 0.000691. The van der Waals surface area contributed by atoms with E-state index < -0.39 is 0 Å². The quantitative estimate of drug-likeness (QED) is 0.786. The second kappa shape index (κ2) is 7.24. The molecule has 0 bridgehead atoms. The Morgan fingerprint density at radius 1 is 1.25 bits per heavy atom. The van der Waals surface area contributed by atoms with E-state index in [1.165, 1.54) is 51.5 Å². The second-order valence-electron chi connectivity index (χ2n) is 7.35. The van der Waals surface area contributed by atoms with Gasteiger partial charge in [-0.05, 0) is 64.6 Å². The highest BCUT2D eigenvalue weighted by Gasteiger charge is 2.40. The first-order valence-corrected chi connectivity index (χ1v) is 8.61. The van der Waals surface area contributed by atoms with E-state index in [9.17, 15) is 5.11 Å². The van der Waals surface area contributed by atoms with Crippen molar-refractivity contribution < 1.29 is 5.11 Å². The number of hydrogen-bond donors (Lipinski definition) is 2. The van der Waals surface area contributed by atoms with Gasteiger partial charge in [-0.3, -0.25) is 0 Å². The highest BCUT2D eigenvalue weighted by molar-refractivity contribution is 4.98. The van der Waals surface area contributed by atoms with E-state index in [1.807, 2.05) is 7.05 Å². The van der Waals surface area contributed by atoms with Crippen LogP contribution in [0.25, 0.3) is 0 Å². The van der Waals surface area contributed by atoms with E-state index in [2.05, 4.69) is 24.2 Å². The van der Waals surface area contributed by atoms with E-state index in [4.69, 9.17) is 0 Å². The zero-order valence-electron chi connectivity index (χ0n) is 13.7. The van der Waals surface area contributed by atoms with Gasteiger partial charge in [0.2, 0.25) is 0 Å². The lowest BCUT2D eigenvalue weighted by molar-refractivity contribution is 0.107. The van der Waals surface area contributed by atoms with Crippen LogP contribution in [0.4, 0.5) is 0 Å². The van der Waals surface area contributed by atoms with Crippen LogP contribution in [-0.2, 0) is 0 Å². The summed E-state index contributed by atoms with van der Waals surface area (Å²) in [6.07, 6.45) is 10.5. The third-order valence-corrected chi connectivity index (χ3v) is 6.10. The van der Waals surface area contributed by atoms with Gasteiger partial charge >= 0.3 is 0 Å². The molecule has 0 aromatic rings. The summed E-state index contributed by atoms with van der Waals surface area (Å²) in [5.41, 5.74) is 0.000691. The SMILES string of the molecule is CNC1(CO)CCCC1CCN(C)C1CCCC(C)C1. The van der Waals surface area contributed by atoms with Crippen molar-refractivity contribution >= 4 is 0 Å². The molecule has 4 unspecified atom stereocenters. The molecule has 118 valence electrons. The van der Waals surface area contributed by atoms with Gasteiger partial charge in [0, 0.05) is 11.6 Å². The van der Waals surface area contributed by atoms with Gasteiger partial charge in [0.25, 0.3) is 0 Å². The van der Waals surface area contributed by atoms with Gasteiger partial charge in [0.15, 0.2) is 0 Å². The molecule has 4 atom stereocenters. The van der Waals surface area contributed by atoms with Crippen LogP contribution >= 0.6 is 0 Å². The first-order chi connectivity index (χ1) is 9.61. The summed E-state index contributed by atoms with van der Waals surface area (Å²) in [5, 5.41) is 13.2. The van der Waals surface area contributed by atoms with Crippen LogP contribution in [0.1, 0.15) is 58.3 Å². The molecule has 0 saturated heterocycles. The Morgan fingerprint density at radius 2 is 2.05 bits per heavy atom. The molecule has 0 heterocycles. The lowest BCUT2D eigenvalue weighted by atomic mass is 9.84. The predicted octanol–water partition coefficient (Wildman–Crippen LogP) is 2.64. The predicted molar refractivity (Wildman–Crippen MR) is 84.9 cm³/mol. The maximum Gasteiger partial charge on any atom is 0.0615 e. The van der Waals surface area contributed by atoms with Crippen LogP contribution in [0, 0.1) is 11.8 Å². The van der Waals surface area contributed by atoms with E-state index in [1.54, 1.807) is 0 Å². The number of aliphatic hydroxyl groups is 1. The molecule has 20 heavy (non-hydrogen) atoms. The molecule has 2 aliphatic rings. The Balaban J connectivity index is 1.82. The van der Waals surface area contributed by atoms with Crippen molar-refractivity contribution in [2.75, 3.05) is 27.2 Å². The molecule has 2 saturated carbocycles. The average Bonchev–Trinajstić information content (AvgIpc) is 2.88. The first-order valence-electron chi connectivity index (χ1n) is 8.61. The van der Waals surface area contributed by atoms with Crippen LogP contribution in [0.2, 0.25) is 0 Å². The molecule has 2 N–H and O–H groups in total. The lowest BCUT2D eigenvalue weighted by Gasteiger charge is -2.37. The fourth-order valence-corrected chi connectivity index (χ4v) is 4.53. The van der Waals surface area contributed by atoms with Crippen molar-refractivity contribution in [1.82, 2.24) is 10.2 Å². The minimum absolute atomic E-state index is 0.000691. The summed E-state index contributed by atoms with van der Waals surface area (Å²) < 4.78 is 0. The molecular weight excluding hydrogens is 248 g/mol. The van der Waals surface area contributed by atoms with Crippen molar-refractivity contribution in [1.29, 1.82) is 0 Å². The molecule has 3 heteroatoms. The molecule has 0 spiro atoms. The van der Waals surface area contributed by atoms with Crippen molar-refractivity contribution in [2.45, 2.75) is 69.9 Å². The highest BCUT2D eigenvalue weighted by Crippen LogP contribution is 2.38. The zero-order valence-corrected chi connectivity index (χ0v) is 13.7. The van der Waals surface area contributed by atoms with Crippen molar-refractivity contribution in [3.05, 3.63) is 0 Å². The van der Waals surface area contributed by atoms with Crippen molar-refractivity contribution in [3.8, 4) is 0 Å². The number of likely N-dealkylation sites (N-methyl/N-ethyl adjacent to an activating group) is 1. The Morgan fingerprint density at radius 3 is 2.70 bits per heavy atom. The van der Waals surface area contributed by atoms with Gasteiger partial charge in [-0.25, -0.2) is 0 Å². The van der Waals surface area contributed by atoms with Crippen LogP contribution in [0.15, 0.2) is 0 Å². The monoisotopic (exact) mass is 282 g/mol.